The van der Waals surface area contributed by atoms with Crippen LogP contribution >= 0.6 is 0 Å². The highest BCUT2D eigenvalue weighted by Gasteiger charge is 2.20. The van der Waals surface area contributed by atoms with Crippen LogP contribution < -0.4 is 16.2 Å². The van der Waals surface area contributed by atoms with E-state index in [0.29, 0.717) is 22.3 Å². The van der Waals surface area contributed by atoms with Crippen LogP contribution in [0.25, 0.3) is 22.2 Å². The number of hydrogen-bond donors (Lipinski definition) is 2. The van der Waals surface area contributed by atoms with E-state index in [9.17, 15) is 4.79 Å². The number of ether oxygens (including phenoxy) is 1. The summed E-state index contributed by atoms with van der Waals surface area (Å²) in [4.78, 5) is 24.4. The quantitative estimate of drug-likeness (QED) is 0.760. The minimum Gasteiger partial charge on any atom is -0.495 e. The lowest BCUT2D eigenvalue weighted by atomic mass is 9.98. The molecule has 0 unspecified atom stereocenters. The summed E-state index contributed by atoms with van der Waals surface area (Å²) in [6.45, 7) is 1.88. The highest BCUT2D eigenvalue weighted by Crippen LogP contribution is 2.37. The van der Waals surface area contributed by atoms with Crippen molar-refractivity contribution in [2.75, 3.05) is 12.8 Å². The molecular formula is C16H15N5O2. The van der Waals surface area contributed by atoms with Crippen molar-refractivity contribution in [3.05, 3.63) is 42.0 Å². The number of rotatable bonds is 3. The minimum atomic E-state index is -0.692. The van der Waals surface area contributed by atoms with Crippen LogP contribution in [-0.2, 0) is 0 Å². The number of anilines is 1. The number of fused-ring (bicyclic) bond motifs is 1. The number of primary amides is 1. The van der Waals surface area contributed by atoms with Crippen LogP contribution in [0.1, 0.15) is 16.1 Å². The van der Waals surface area contributed by atoms with E-state index in [1.165, 1.54) is 0 Å². The fourth-order valence-electron chi connectivity index (χ4n) is 2.53. The molecule has 7 heteroatoms. The summed E-state index contributed by atoms with van der Waals surface area (Å²) < 4.78 is 5.31. The molecule has 0 radical (unpaired) electrons. The number of nitrogens with two attached hydrogens (primary N) is 2. The van der Waals surface area contributed by atoms with Gasteiger partial charge in [0.2, 0.25) is 0 Å². The van der Waals surface area contributed by atoms with Crippen molar-refractivity contribution in [3.8, 4) is 16.9 Å². The van der Waals surface area contributed by atoms with Gasteiger partial charge >= 0.3 is 0 Å². The molecule has 3 heterocycles. The van der Waals surface area contributed by atoms with Gasteiger partial charge in [-0.1, -0.05) is 0 Å². The van der Waals surface area contributed by atoms with Crippen LogP contribution in [0.4, 0.5) is 5.69 Å². The number of carbonyl (C=O) groups is 1. The number of carbonyl (C=O) groups excluding carboxylic acids is 1. The molecule has 1 amide bonds. The number of methoxy groups -OCH3 is 1. The van der Waals surface area contributed by atoms with E-state index in [1.54, 1.807) is 37.8 Å². The third kappa shape index (κ3) is 2.32. The molecule has 4 N–H and O–H groups in total. The summed E-state index contributed by atoms with van der Waals surface area (Å²) in [6.07, 6.45) is 4.91. The standard InChI is InChI=1S/C16H15N5O2/c1-8-9(6-19-7-11(8)23-2)12-13(17)15(16(18)22)21-10-4-3-5-20-14(10)12/h3-7H,17H2,1-2H3,(H2,18,22). The Hall–Kier alpha value is -3.22. The summed E-state index contributed by atoms with van der Waals surface area (Å²) in [5, 5.41) is 0. The van der Waals surface area contributed by atoms with Gasteiger partial charge in [-0.3, -0.25) is 14.8 Å². The van der Waals surface area contributed by atoms with Crippen LogP contribution in [0.15, 0.2) is 30.7 Å². The molecule has 0 saturated heterocycles. The van der Waals surface area contributed by atoms with Crippen molar-refractivity contribution in [3.63, 3.8) is 0 Å². The SMILES string of the molecule is COc1cncc(-c2c(N)c(C(N)=O)nc3cccnc23)c1C. The molecule has 0 fully saturated rings. The summed E-state index contributed by atoms with van der Waals surface area (Å²) in [5.41, 5.74) is 15.0. The van der Waals surface area contributed by atoms with Gasteiger partial charge in [0.15, 0.2) is 5.69 Å². The maximum atomic E-state index is 11.7. The number of amides is 1. The number of nitrogen functional groups attached to an aromatic ring is 1. The molecule has 0 atom stereocenters. The fourth-order valence-corrected chi connectivity index (χ4v) is 2.53. The van der Waals surface area contributed by atoms with E-state index in [1.807, 2.05) is 6.92 Å². The van der Waals surface area contributed by atoms with Gasteiger partial charge in [-0.15, -0.1) is 0 Å². The lowest BCUT2D eigenvalue weighted by Crippen LogP contribution is -2.17. The van der Waals surface area contributed by atoms with Crippen LogP contribution in [0.3, 0.4) is 0 Å². The smallest absolute Gasteiger partial charge is 0.269 e. The maximum Gasteiger partial charge on any atom is 0.269 e. The molecule has 0 aromatic carbocycles. The molecule has 3 rings (SSSR count). The van der Waals surface area contributed by atoms with Crippen LogP contribution in [0.5, 0.6) is 5.75 Å². The summed E-state index contributed by atoms with van der Waals surface area (Å²) in [6, 6.07) is 3.48. The molecule has 116 valence electrons. The first-order valence-corrected chi connectivity index (χ1v) is 6.87. The van der Waals surface area contributed by atoms with Gasteiger partial charge in [-0.2, -0.15) is 0 Å². The third-order valence-corrected chi connectivity index (χ3v) is 3.67. The monoisotopic (exact) mass is 309 g/mol. The molecule has 3 aromatic heterocycles. The molecule has 0 aliphatic heterocycles. The summed E-state index contributed by atoms with van der Waals surface area (Å²) in [7, 11) is 1.56. The number of nitrogens with zero attached hydrogens (tertiary/aromatic N) is 3. The zero-order valence-corrected chi connectivity index (χ0v) is 12.7. The molecule has 0 aliphatic rings. The maximum absolute atomic E-state index is 11.7. The van der Waals surface area contributed by atoms with E-state index < -0.39 is 5.91 Å². The molecule has 0 spiro atoms. The third-order valence-electron chi connectivity index (χ3n) is 3.67. The molecule has 0 bridgehead atoms. The van der Waals surface area contributed by atoms with Crippen molar-refractivity contribution in [1.29, 1.82) is 0 Å². The molecule has 3 aromatic rings. The Kier molecular flexibility index (Phi) is 3.53. The van der Waals surface area contributed by atoms with Crippen molar-refractivity contribution in [2.24, 2.45) is 5.73 Å². The molecule has 0 saturated carbocycles. The molecule has 7 nitrogen and oxygen atoms in total. The minimum absolute atomic E-state index is 0.0164. The van der Waals surface area contributed by atoms with E-state index in [4.69, 9.17) is 16.2 Å². The Balaban J connectivity index is 2.45. The summed E-state index contributed by atoms with van der Waals surface area (Å²) in [5.74, 6) is -0.0774. The Morgan fingerprint density at radius 3 is 2.78 bits per heavy atom. The Bertz CT molecular complexity index is 924. The van der Waals surface area contributed by atoms with Gasteiger partial charge in [0.05, 0.1) is 30.0 Å². The largest absolute Gasteiger partial charge is 0.495 e. The average molecular weight is 309 g/mol. The number of aromatic nitrogens is 3. The van der Waals surface area contributed by atoms with Gasteiger partial charge in [-0.05, 0) is 19.1 Å². The average Bonchev–Trinajstić information content (AvgIpc) is 2.55. The van der Waals surface area contributed by atoms with Crippen molar-refractivity contribution in [1.82, 2.24) is 15.0 Å². The van der Waals surface area contributed by atoms with Crippen molar-refractivity contribution >= 4 is 22.6 Å². The first-order valence-electron chi connectivity index (χ1n) is 6.87. The van der Waals surface area contributed by atoms with Crippen molar-refractivity contribution in [2.45, 2.75) is 6.92 Å². The van der Waals surface area contributed by atoms with Crippen LogP contribution in [0.2, 0.25) is 0 Å². The predicted molar refractivity (Wildman–Crippen MR) is 87.0 cm³/mol. The first-order chi connectivity index (χ1) is 11.0. The second-order valence-corrected chi connectivity index (χ2v) is 5.00. The van der Waals surface area contributed by atoms with E-state index in [2.05, 4.69) is 15.0 Å². The predicted octanol–water partition coefficient (Wildman–Crippen LogP) is 1.69. The Morgan fingerprint density at radius 2 is 2.09 bits per heavy atom. The lowest BCUT2D eigenvalue weighted by Gasteiger charge is -2.15. The van der Waals surface area contributed by atoms with Gasteiger partial charge in [0, 0.05) is 29.1 Å². The zero-order chi connectivity index (χ0) is 16.6. The van der Waals surface area contributed by atoms with E-state index in [-0.39, 0.29) is 11.4 Å². The summed E-state index contributed by atoms with van der Waals surface area (Å²) >= 11 is 0. The second-order valence-electron chi connectivity index (χ2n) is 5.00. The normalized spacial score (nSPS) is 10.7. The van der Waals surface area contributed by atoms with E-state index >= 15 is 0 Å². The Morgan fingerprint density at radius 1 is 1.30 bits per heavy atom. The molecule has 23 heavy (non-hydrogen) atoms. The highest BCUT2D eigenvalue weighted by molar-refractivity contribution is 6.07. The Labute approximate surface area is 132 Å². The first kappa shape index (κ1) is 14.7. The van der Waals surface area contributed by atoms with E-state index in [0.717, 1.165) is 11.1 Å². The van der Waals surface area contributed by atoms with Crippen molar-refractivity contribution < 1.29 is 9.53 Å². The van der Waals surface area contributed by atoms with Gasteiger partial charge in [0.1, 0.15) is 5.75 Å². The topological polar surface area (TPSA) is 117 Å². The second kappa shape index (κ2) is 5.53. The number of pyridine rings is 3. The van der Waals surface area contributed by atoms with Gasteiger partial charge < -0.3 is 16.2 Å². The molecular weight excluding hydrogens is 294 g/mol. The zero-order valence-electron chi connectivity index (χ0n) is 12.7. The van der Waals surface area contributed by atoms with Gasteiger partial charge in [0.25, 0.3) is 5.91 Å². The van der Waals surface area contributed by atoms with Crippen LogP contribution in [-0.4, -0.2) is 28.0 Å². The number of hydrogen-bond acceptors (Lipinski definition) is 6. The van der Waals surface area contributed by atoms with Crippen LogP contribution in [0, 0.1) is 6.92 Å². The molecule has 0 aliphatic carbocycles. The lowest BCUT2D eigenvalue weighted by molar-refractivity contribution is 0.0997. The van der Waals surface area contributed by atoms with Gasteiger partial charge in [-0.25, -0.2) is 4.98 Å². The fraction of sp³-hybridized carbons (Fsp3) is 0.125. The highest BCUT2D eigenvalue weighted by atomic mass is 16.5.